The summed E-state index contributed by atoms with van der Waals surface area (Å²) in [5.74, 6) is 1.49. The molecule has 2 aliphatic carbocycles. The van der Waals surface area contributed by atoms with Crippen LogP contribution in [0.15, 0.2) is 6.33 Å². The average Bonchev–Trinajstić information content (AvgIpc) is 3.26. The minimum Gasteiger partial charge on any atom is -0.366 e. The first-order chi connectivity index (χ1) is 12.7. The number of aryl methyl sites for hydroxylation is 1. The van der Waals surface area contributed by atoms with E-state index >= 15 is 0 Å². The third-order valence-corrected chi connectivity index (χ3v) is 7.08. The lowest BCUT2D eigenvalue weighted by atomic mass is 9.95. The molecule has 4 nitrogen and oxygen atoms in total. The topological polar surface area (TPSA) is 50.7 Å². The smallest absolute Gasteiger partial charge is 0.147 e. The van der Waals surface area contributed by atoms with Crippen LogP contribution < -0.4 is 5.32 Å². The van der Waals surface area contributed by atoms with Crippen LogP contribution in [0.2, 0.25) is 0 Å². The second kappa shape index (κ2) is 6.45. The molecule has 0 radical (unpaired) electrons. The summed E-state index contributed by atoms with van der Waals surface area (Å²) < 4.78 is 1.19. The largest absolute Gasteiger partial charge is 0.366 e. The maximum Gasteiger partial charge on any atom is 0.147 e. The van der Waals surface area contributed by atoms with E-state index in [0.717, 1.165) is 22.6 Å². The molecule has 2 aliphatic rings. The molecular formula is C21H26N4S. The maximum atomic E-state index is 5.09. The Morgan fingerprint density at radius 2 is 1.85 bits per heavy atom. The van der Waals surface area contributed by atoms with Crippen molar-refractivity contribution in [2.75, 3.05) is 5.32 Å². The van der Waals surface area contributed by atoms with Crippen molar-refractivity contribution in [3.8, 4) is 0 Å². The summed E-state index contributed by atoms with van der Waals surface area (Å²) in [5.41, 5.74) is 5.41. The second-order valence-electron chi connectivity index (χ2n) is 8.12. The fraction of sp³-hybridized carbons (Fsp3) is 0.571. The van der Waals surface area contributed by atoms with Crippen molar-refractivity contribution in [1.82, 2.24) is 15.0 Å². The summed E-state index contributed by atoms with van der Waals surface area (Å²) in [6, 6.07) is 0.553. The van der Waals surface area contributed by atoms with E-state index in [1.54, 1.807) is 17.7 Å². The molecule has 0 aromatic carbocycles. The zero-order chi connectivity index (χ0) is 17.7. The Morgan fingerprint density at radius 1 is 1.04 bits per heavy atom. The highest BCUT2D eigenvalue weighted by Gasteiger charge is 2.25. The van der Waals surface area contributed by atoms with E-state index in [0.29, 0.717) is 12.0 Å². The van der Waals surface area contributed by atoms with Crippen LogP contribution in [-0.2, 0) is 12.8 Å². The number of thiophene rings is 1. The number of hydrogen-bond donors (Lipinski definition) is 1. The van der Waals surface area contributed by atoms with Crippen molar-refractivity contribution in [1.29, 1.82) is 0 Å². The lowest BCUT2D eigenvalue weighted by molar-refractivity contribution is 0.462. The van der Waals surface area contributed by atoms with Crippen molar-refractivity contribution in [3.63, 3.8) is 0 Å². The molecule has 3 aromatic heterocycles. The van der Waals surface area contributed by atoms with Gasteiger partial charge in [-0.3, -0.25) is 0 Å². The van der Waals surface area contributed by atoms with Crippen LogP contribution in [0, 0.1) is 0 Å². The molecule has 1 fully saturated rings. The highest BCUT2D eigenvalue weighted by molar-refractivity contribution is 7.26. The predicted molar refractivity (Wildman–Crippen MR) is 109 cm³/mol. The number of pyridine rings is 1. The Morgan fingerprint density at radius 3 is 2.65 bits per heavy atom. The lowest BCUT2D eigenvalue weighted by Gasteiger charge is -2.23. The van der Waals surface area contributed by atoms with Crippen LogP contribution in [-0.4, -0.2) is 21.0 Å². The summed E-state index contributed by atoms with van der Waals surface area (Å²) >= 11 is 1.78. The van der Waals surface area contributed by atoms with E-state index in [-0.39, 0.29) is 0 Å². The lowest BCUT2D eigenvalue weighted by Crippen LogP contribution is -2.22. The van der Waals surface area contributed by atoms with Crippen LogP contribution in [0.5, 0.6) is 0 Å². The standard InChI is InChI=1S/C21H26N4S/c1-12(2)17-15-10-6-9-14(15)16-18-19(26-21(16)25-17)20(23-11-22-18)24-13-7-4-3-5-8-13/h11-13H,3-10H2,1-2H3,(H,22,23,24). The Hall–Kier alpha value is -1.75. The Kier molecular flexibility index (Phi) is 4.07. The molecule has 5 heteroatoms. The number of hydrogen-bond acceptors (Lipinski definition) is 5. The van der Waals surface area contributed by atoms with E-state index in [4.69, 9.17) is 9.97 Å². The van der Waals surface area contributed by atoms with Gasteiger partial charge in [0.15, 0.2) is 0 Å². The van der Waals surface area contributed by atoms with Crippen LogP contribution in [0.4, 0.5) is 5.82 Å². The van der Waals surface area contributed by atoms with Crippen LogP contribution >= 0.6 is 11.3 Å². The van der Waals surface area contributed by atoms with Crippen molar-refractivity contribution in [2.24, 2.45) is 0 Å². The Labute approximate surface area is 158 Å². The molecule has 0 spiro atoms. The van der Waals surface area contributed by atoms with E-state index in [1.165, 1.54) is 71.9 Å². The summed E-state index contributed by atoms with van der Waals surface area (Å²) in [6.45, 7) is 4.52. The first-order valence-electron chi connectivity index (χ1n) is 10.1. The van der Waals surface area contributed by atoms with Gasteiger partial charge in [0.1, 0.15) is 17.0 Å². The predicted octanol–water partition coefficient (Wildman–Crippen LogP) is 5.60. The average molecular weight is 367 g/mol. The summed E-state index contributed by atoms with van der Waals surface area (Å²) in [5, 5.41) is 5.02. The number of anilines is 1. The van der Waals surface area contributed by atoms with Gasteiger partial charge < -0.3 is 5.32 Å². The van der Waals surface area contributed by atoms with Gasteiger partial charge in [0.25, 0.3) is 0 Å². The van der Waals surface area contributed by atoms with E-state index < -0.39 is 0 Å². The molecule has 1 N–H and O–H groups in total. The second-order valence-corrected chi connectivity index (χ2v) is 9.12. The van der Waals surface area contributed by atoms with Gasteiger partial charge in [-0.15, -0.1) is 11.3 Å². The molecule has 0 atom stereocenters. The summed E-state index contributed by atoms with van der Waals surface area (Å²) in [4.78, 5) is 15.5. The first kappa shape index (κ1) is 16.4. The normalized spacial score (nSPS) is 18.1. The fourth-order valence-electron chi connectivity index (χ4n) is 4.75. The molecule has 3 heterocycles. The number of aromatic nitrogens is 3. The highest BCUT2D eigenvalue weighted by Crippen LogP contribution is 2.42. The summed E-state index contributed by atoms with van der Waals surface area (Å²) in [6.07, 6.45) is 11.8. The molecular weight excluding hydrogens is 340 g/mol. The van der Waals surface area contributed by atoms with Gasteiger partial charge in [0, 0.05) is 17.1 Å². The van der Waals surface area contributed by atoms with E-state index in [1.807, 2.05) is 0 Å². The van der Waals surface area contributed by atoms with Crippen LogP contribution in [0.3, 0.4) is 0 Å². The molecule has 0 saturated heterocycles. The zero-order valence-corrected chi connectivity index (χ0v) is 16.5. The van der Waals surface area contributed by atoms with E-state index in [2.05, 4.69) is 24.1 Å². The molecule has 0 aliphatic heterocycles. The third-order valence-electron chi connectivity index (χ3n) is 6.00. The van der Waals surface area contributed by atoms with E-state index in [9.17, 15) is 0 Å². The van der Waals surface area contributed by atoms with Crippen molar-refractivity contribution in [2.45, 2.75) is 77.2 Å². The molecule has 0 amide bonds. The van der Waals surface area contributed by atoms with Gasteiger partial charge in [-0.2, -0.15) is 0 Å². The fourth-order valence-corrected chi connectivity index (χ4v) is 5.87. The van der Waals surface area contributed by atoms with Crippen molar-refractivity contribution in [3.05, 3.63) is 23.1 Å². The SMILES string of the molecule is CC(C)c1nc2sc3c(NC4CCCCC4)ncnc3c2c2c1CCC2. The molecule has 5 rings (SSSR count). The van der Waals surface area contributed by atoms with Crippen molar-refractivity contribution >= 4 is 37.6 Å². The molecule has 26 heavy (non-hydrogen) atoms. The van der Waals surface area contributed by atoms with Gasteiger partial charge in [0.2, 0.25) is 0 Å². The van der Waals surface area contributed by atoms with Crippen LogP contribution in [0.1, 0.15) is 75.1 Å². The minimum atomic E-state index is 0.474. The van der Waals surface area contributed by atoms with Gasteiger partial charge in [0.05, 0.1) is 10.2 Å². The number of rotatable bonds is 3. The van der Waals surface area contributed by atoms with Gasteiger partial charge >= 0.3 is 0 Å². The molecule has 1 saturated carbocycles. The highest BCUT2D eigenvalue weighted by atomic mass is 32.1. The molecule has 0 unspecified atom stereocenters. The number of fused-ring (bicyclic) bond motifs is 5. The Bertz CT molecular complexity index is 969. The van der Waals surface area contributed by atoms with Gasteiger partial charge in [-0.25, -0.2) is 15.0 Å². The molecule has 3 aromatic rings. The maximum absolute atomic E-state index is 5.09. The van der Waals surface area contributed by atoms with Gasteiger partial charge in [-0.05, 0) is 49.1 Å². The van der Waals surface area contributed by atoms with Crippen molar-refractivity contribution < 1.29 is 0 Å². The third kappa shape index (κ3) is 2.59. The monoisotopic (exact) mass is 366 g/mol. The quantitative estimate of drug-likeness (QED) is 0.656. The Balaban J connectivity index is 1.68. The molecule has 136 valence electrons. The van der Waals surface area contributed by atoms with Gasteiger partial charge in [-0.1, -0.05) is 33.1 Å². The zero-order valence-electron chi connectivity index (χ0n) is 15.6. The summed E-state index contributed by atoms with van der Waals surface area (Å²) in [7, 11) is 0. The number of nitrogens with zero attached hydrogens (tertiary/aromatic N) is 3. The minimum absolute atomic E-state index is 0.474. The molecule has 0 bridgehead atoms. The van der Waals surface area contributed by atoms with Crippen LogP contribution in [0.25, 0.3) is 20.4 Å². The number of nitrogens with one attached hydrogen (secondary N) is 1. The first-order valence-corrected chi connectivity index (χ1v) is 10.9.